The molecule has 4 aromatic rings. The fourth-order valence-electron chi connectivity index (χ4n) is 4.35. The van der Waals surface area contributed by atoms with Gasteiger partial charge in [-0.15, -0.1) is 12.1 Å². The minimum Gasteiger partial charge on any atom is -0.676 e. The molecule has 33 heavy (non-hydrogen) atoms. The molecular weight excluding hydrogens is 536 g/mol. The third-order valence-corrected chi connectivity index (χ3v) is 6.05. The fourth-order valence-corrected chi connectivity index (χ4v) is 4.35. The molecule has 176 valence electrons. The second-order valence-corrected chi connectivity index (χ2v) is 10.8. The minimum absolute atomic E-state index is 0.0799. The molecule has 0 aliphatic heterocycles. The van der Waals surface area contributed by atoms with Crippen molar-refractivity contribution < 1.29 is 15.1 Å². The van der Waals surface area contributed by atoms with Crippen molar-refractivity contribution in [1.29, 1.82) is 0 Å². The molecule has 2 N–H and O–H groups in total. The summed E-state index contributed by atoms with van der Waals surface area (Å²) in [5.74, 6) is 0. The van der Waals surface area contributed by atoms with Crippen molar-refractivity contribution in [2.45, 2.75) is 37.8 Å². The van der Waals surface area contributed by atoms with Gasteiger partial charge >= 0.3 is 34.5 Å². The summed E-state index contributed by atoms with van der Waals surface area (Å²) in [6.07, 6.45) is 4.25. The maximum Gasteiger partial charge on any atom is -0.0548 e. The van der Waals surface area contributed by atoms with E-state index in [0.717, 1.165) is 24.0 Å². The van der Waals surface area contributed by atoms with Crippen molar-refractivity contribution in [3.05, 3.63) is 109 Å². The van der Waals surface area contributed by atoms with E-state index in [4.69, 9.17) is 30.8 Å². The molecule has 0 unspecified atom stereocenters. The molecule has 2 atom stereocenters. The van der Waals surface area contributed by atoms with Gasteiger partial charge in [0, 0.05) is 0 Å². The van der Waals surface area contributed by atoms with Gasteiger partial charge in [0.1, 0.15) is 0 Å². The van der Waals surface area contributed by atoms with E-state index in [1.54, 1.807) is 0 Å². The Morgan fingerprint density at radius 3 is 1.36 bits per heavy atom. The maximum absolute atomic E-state index is 7.29. The van der Waals surface area contributed by atoms with Gasteiger partial charge in [-0.25, -0.2) is 0 Å². The number of fused-ring (bicyclic) bond motifs is 2. The van der Waals surface area contributed by atoms with E-state index in [1.807, 2.05) is 0 Å². The summed E-state index contributed by atoms with van der Waals surface area (Å²) in [5, 5.41) is 4.93. The normalized spacial score (nSPS) is 17.7. The van der Waals surface area contributed by atoms with Crippen LogP contribution in [0.2, 0.25) is 0 Å². The zero-order chi connectivity index (χ0) is 23.8. The van der Waals surface area contributed by atoms with Crippen LogP contribution in [0.25, 0.3) is 44.1 Å². The van der Waals surface area contributed by atoms with Crippen LogP contribution in [0, 0.1) is 13.8 Å². The van der Waals surface area contributed by atoms with Crippen molar-refractivity contribution >= 4 is 40.9 Å². The van der Waals surface area contributed by atoms with Crippen LogP contribution >= 0.6 is 19.4 Å². The monoisotopic (exact) mass is 564 g/mol. The molecule has 4 aromatic carbocycles. The number of hydrogen-bond acceptors (Lipinski definition) is 0. The van der Waals surface area contributed by atoms with E-state index in [9.17, 15) is 0 Å². The molecule has 1 aliphatic carbocycles. The maximum atomic E-state index is 7.29. The van der Waals surface area contributed by atoms with Crippen LogP contribution in [0.5, 0.6) is 0 Å². The van der Waals surface area contributed by atoms with E-state index in [1.165, 1.54) is 45.5 Å². The number of benzene rings is 4. The van der Waals surface area contributed by atoms with Crippen molar-refractivity contribution in [3.8, 4) is 11.1 Å². The summed E-state index contributed by atoms with van der Waals surface area (Å²) in [6, 6.07) is 25.2. The first-order valence-corrected chi connectivity index (χ1v) is 15.4. The Labute approximate surface area is 213 Å². The first-order valence-electron chi connectivity index (χ1n) is 10.9. The van der Waals surface area contributed by atoms with Gasteiger partial charge in [0.25, 0.3) is 0 Å². The average Bonchev–Trinajstić information content (AvgIpc) is 2.83. The molecular formula is C28H28Cl2N2Ru-4. The molecule has 0 aromatic heterocycles. The van der Waals surface area contributed by atoms with Gasteiger partial charge in [0.2, 0.25) is 0 Å². The number of halogens is 2. The van der Waals surface area contributed by atoms with Gasteiger partial charge in [-0.1, -0.05) is 85.0 Å². The van der Waals surface area contributed by atoms with Gasteiger partial charge in [0.05, 0.1) is 0 Å². The Bertz CT molecular complexity index is 1100. The van der Waals surface area contributed by atoms with Crippen LogP contribution in [0.3, 0.4) is 0 Å². The van der Waals surface area contributed by atoms with Crippen LogP contribution < -0.4 is 0 Å². The second kappa shape index (κ2) is 12.6. The summed E-state index contributed by atoms with van der Waals surface area (Å²) < 4.78 is 0. The summed E-state index contributed by atoms with van der Waals surface area (Å²) in [6.45, 7) is 8.53. The molecule has 5 rings (SSSR count). The first kappa shape index (κ1) is 25.9. The predicted molar refractivity (Wildman–Crippen MR) is 142 cm³/mol. The topological polar surface area (TPSA) is 47.6 Å². The van der Waals surface area contributed by atoms with Crippen molar-refractivity contribution in [2.24, 2.45) is 0 Å². The Balaban J connectivity index is 0.000000233. The molecule has 2 nitrogen and oxygen atoms in total. The van der Waals surface area contributed by atoms with Crippen LogP contribution in [-0.4, -0.2) is 12.1 Å². The van der Waals surface area contributed by atoms with E-state index in [0.29, 0.717) is 0 Å². The van der Waals surface area contributed by atoms with E-state index >= 15 is 0 Å². The Kier molecular flexibility index (Phi) is 9.92. The average molecular weight is 565 g/mol. The zero-order valence-electron chi connectivity index (χ0n) is 18.4. The zero-order valence-corrected chi connectivity index (χ0v) is 21.7. The molecule has 1 fully saturated rings. The number of rotatable bonds is 1. The Morgan fingerprint density at radius 2 is 1.00 bits per heavy atom. The van der Waals surface area contributed by atoms with Crippen LogP contribution in [-0.2, 0) is 15.1 Å². The summed E-state index contributed by atoms with van der Waals surface area (Å²) >= 11 is -0.346. The molecule has 0 spiro atoms. The minimum atomic E-state index is -0.346. The first-order chi connectivity index (χ1) is 16.0. The van der Waals surface area contributed by atoms with Crippen LogP contribution in [0.15, 0.2) is 72.8 Å². The number of nitrogens with one attached hydrogen (secondary N) is 2. The van der Waals surface area contributed by atoms with Gasteiger partial charge in [-0.05, 0) is 10.8 Å². The molecule has 0 heterocycles. The summed E-state index contributed by atoms with van der Waals surface area (Å²) in [4.78, 5) is 0. The standard InChI is InChI=1S/C22H16.C6H12N2.2ClH.Ru/c1-15-11-13-17-7-3-5-9-19(17)21(15)22-16(2)12-14-18-8-4-6-10-20(18)22;7-5-3-1-2-4-6(5)8;;;/h3-14H,1-2H2;5-8H,1-4H2;2*1H;/q2*-2;;;+2/p-2/t;5-,6-;;;/m.1.../s1. The van der Waals surface area contributed by atoms with E-state index < -0.39 is 0 Å². The molecule has 0 bridgehead atoms. The predicted octanol–water partition coefficient (Wildman–Crippen LogP) is 9.80. The number of hydrogen-bond donors (Lipinski definition) is 0. The molecule has 0 amide bonds. The molecule has 0 saturated heterocycles. The van der Waals surface area contributed by atoms with Gasteiger partial charge in [-0.2, -0.15) is 60.3 Å². The molecule has 0 radical (unpaired) electrons. The van der Waals surface area contributed by atoms with Gasteiger partial charge in [-0.3, -0.25) is 0 Å². The van der Waals surface area contributed by atoms with Crippen LogP contribution in [0.4, 0.5) is 0 Å². The van der Waals surface area contributed by atoms with E-state index in [2.05, 4.69) is 86.6 Å². The third kappa shape index (κ3) is 6.44. The van der Waals surface area contributed by atoms with E-state index in [-0.39, 0.29) is 27.2 Å². The smallest absolute Gasteiger partial charge is 0.0548 e. The van der Waals surface area contributed by atoms with Crippen molar-refractivity contribution in [1.82, 2.24) is 0 Å². The molecule has 1 saturated carbocycles. The fraction of sp³-hybridized carbons (Fsp3) is 0.214. The summed E-state index contributed by atoms with van der Waals surface area (Å²) in [5.41, 5.74) is 19.1. The second-order valence-electron chi connectivity index (χ2n) is 8.19. The third-order valence-electron chi connectivity index (χ3n) is 6.05. The Hall–Kier alpha value is -1.74. The quantitative estimate of drug-likeness (QED) is 0.163. The van der Waals surface area contributed by atoms with Crippen molar-refractivity contribution in [2.75, 3.05) is 0 Å². The van der Waals surface area contributed by atoms with Crippen molar-refractivity contribution in [3.63, 3.8) is 0 Å². The largest absolute Gasteiger partial charge is 0.676 e. The van der Waals surface area contributed by atoms with Gasteiger partial charge in [0.15, 0.2) is 0 Å². The molecule has 5 heteroatoms. The molecule has 1 aliphatic rings. The SMILES string of the molecule is [CH2-]c1ccc2ccccc2c1-c1c([CH2-])ccc2ccccc12.[Cl][Ru][Cl].[NH-][C@@H]1CCCC[C@H]1[NH-]. The summed E-state index contributed by atoms with van der Waals surface area (Å²) in [7, 11) is 9.71. The van der Waals surface area contributed by atoms with Gasteiger partial charge < -0.3 is 11.5 Å². The Morgan fingerprint density at radius 1 is 0.636 bits per heavy atom. The van der Waals surface area contributed by atoms with Crippen LogP contribution in [0.1, 0.15) is 36.8 Å².